The highest BCUT2D eigenvalue weighted by atomic mass is 32.2. The SMILES string of the molecule is COc1ccc(OCC(=O)NC(=S)Nc2ccc(S(=O)(=O)N3CCCC3)cc2)cc1. The Kier molecular flexibility index (Phi) is 7.24. The van der Waals surface area contributed by atoms with Crippen molar-refractivity contribution in [3.63, 3.8) is 0 Å². The number of benzene rings is 2. The van der Waals surface area contributed by atoms with Crippen LogP contribution in [0.4, 0.5) is 5.69 Å². The summed E-state index contributed by atoms with van der Waals surface area (Å²) in [6, 6.07) is 13.1. The van der Waals surface area contributed by atoms with Crippen LogP contribution in [0.2, 0.25) is 0 Å². The summed E-state index contributed by atoms with van der Waals surface area (Å²) in [7, 11) is -1.90. The number of carbonyl (C=O) groups excluding carboxylic acids is 1. The molecule has 8 nitrogen and oxygen atoms in total. The van der Waals surface area contributed by atoms with Crippen LogP contribution in [0.25, 0.3) is 0 Å². The number of hydrogen-bond donors (Lipinski definition) is 2. The molecule has 1 heterocycles. The lowest BCUT2D eigenvalue weighted by atomic mass is 10.3. The topological polar surface area (TPSA) is 97.0 Å². The van der Waals surface area contributed by atoms with Gasteiger partial charge in [-0.3, -0.25) is 10.1 Å². The first kappa shape index (κ1) is 22.0. The van der Waals surface area contributed by atoms with Crippen LogP contribution in [0, 0.1) is 0 Å². The second-order valence-electron chi connectivity index (χ2n) is 6.60. The van der Waals surface area contributed by atoms with Crippen LogP contribution < -0.4 is 20.1 Å². The molecular weight excluding hydrogens is 426 g/mol. The molecule has 1 aliphatic heterocycles. The molecule has 1 aliphatic rings. The largest absolute Gasteiger partial charge is 0.497 e. The van der Waals surface area contributed by atoms with E-state index in [2.05, 4.69) is 10.6 Å². The number of hydrogen-bond acceptors (Lipinski definition) is 6. The second kappa shape index (κ2) is 9.88. The molecule has 10 heteroatoms. The fourth-order valence-corrected chi connectivity index (χ4v) is 4.68. The van der Waals surface area contributed by atoms with Gasteiger partial charge in [0.25, 0.3) is 5.91 Å². The Morgan fingerprint density at radius 1 is 1.03 bits per heavy atom. The van der Waals surface area contributed by atoms with E-state index in [1.807, 2.05) is 0 Å². The molecular formula is C20H23N3O5S2. The summed E-state index contributed by atoms with van der Waals surface area (Å²) in [5.74, 6) is 0.799. The molecule has 0 spiro atoms. The van der Waals surface area contributed by atoms with Crippen LogP contribution in [-0.2, 0) is 14.8 Å². The molecule has 1 saturated heterocycles. The molecule has 0 unspecified atom stereocenters. The van der Waals surface area contributed by atoms with Crippen molar-refractivity contribution in [2.24, 2.45) is 0 Å². The standard InChI is InChI=1S/C20H23N3O5S2/c1-27-16-6-8-17(9-7-16)28-14-19(24)22-20(29)21-15-4-10-18(11-5-15)30(25,26)23-12-2-3-13-23/h4-11H,2-3,12-14H2,1H3,(H2,21,22,24,29). The zero-order chi connectivity index (χ0) is 21.6. The van der Waals surface area contributed by atoms with E-state index >= 15 is 0 Å². The monoisotopic (exact) mass is 449 g/mol. The number of methoxy groups -OCH3 is 1. The van der Waals surface area contributed by atoms with E-state index in [4.69, 9.17) is 21.7 Å². The fraction of sp³-hybridized carbons (Fsp3) is 0.300. The molecule has 0 atom stereocenters. The third-order valence-electron chi connectivity index (χ3n) is 4.50. The minimum atomic E-state index is -3.46. The normalized spacial score (nSPS) is 14.2. The lowest BCUT2D eigenvalue weighted by Crippen LogP contribution is -2.37. The molecule has 0 aliphatic carbocycles. The third-order valence-corrected chi connectivity index (χ3v) is 6.61. The zero-order valence-electron chi connectivity index (χ0n) is 16.5. The predicted molar refractivity (Wildman–Crippen MR) is 117 cm³/mol. The number of thiocarbonyl (C=S) groups is 1. The van der Waals surface area contributed by atoms with Gasteiger partial charge in [0.15, 0.2) is 11.7 Å². The summed E-state index contributed by atoms with van der Waals surface area (Å²) in [6.45, 7) is 0.898. The summed E-state index contributed by atoms with van der Waals surface area (Å²) < 4.78 is 37.0. The van der Waals surface area contributed by atoms with Crippen molar-refractivity contribution in [1.82, 2.24) is 9.62 Å². The number of ether oxygens (including phenoxy) is 2. The number of anilines is 1. The van der Waals surface area contributed by atoms with E-state index in [-0.39, 0.29) is 16.6 Å². The van der Waals surface area contributed by atoms with E-state index in [0.717, 1.165) is 12.8 Å². The molecule has 160 valence electrons. The summed E-state index contributed by atoms with van der Waals surface area (Å²) in [5.41, 5.74) is 0.566. The Morgan fingerprint density at radius 2 is 1.63 bits per heavy atom. The third kappa shape index (κ3) is 5.68. The first-order chi connectivity index (χ1) is 14.4. The second-order valence-corrected chi connectivity index (χ2v) is 8.95. The first-order valence-corrected chi connectivity index (χ1v) is 11.2. The van der Waals surface area contributed by atoms with E-state index in [1.165, 1.54) is 16.4 Å². The highest BCUT2D eigenvalue weighted by molar-refractivity contribution is 7.89. The van der Waals surface area contributed by atoms with E-state index in [9.17, 15) is 13.2 Å². The number of nitrogens with zero attached hydrogens (tertiary/aromatic N) is 1. The molecule has 1 amide bonds. The Labute approximate surface area is 181 Å². The Balaban J connectivity index is 1.48. The number of amides is 1. The molecule has 0 radical (unpaired) electrons. The van der Waals surface area contributed by atoms with Gasteiger partial charge in [-0.2, -0.15) is 4.31 Å². The molecule has 3 rings (SSSR count). The number of rotatable bonds is 7. The van der Waals surface area contributed by atoms with Crippen LogP contribution in [-0.4, -0.2) is 50.5 Å². The smallest absolute Gasteiger partial charge is 0.264 e. The van der Waals surface area contributed by atoms with Crippen LogP contribution >= 0.6 is 12.2 Å². The Morgan fingerprint density at radius 3 is 2.23 bits per heavy atom. The Bertz CT molecular complexity index is 986. The maximum Gasteiger partial charge on any atom is 0.264 e. The fourth-order valence-electron chi connectivity index (χ4n) is 2.93. The maximum absolute atomic E-state index is 12.5. The van der Waals surface area contributed by atoms with Gasteiger partial charge in [0.1, 0.15) is 11.5 Å². The molecule has 0 aromatic heterocycles. The van der Waals surface area contributed by atoms with Crippen molar-refractivity contribution in [2.45, 2.75) is 17.7 Å². The highest BCUT2D eigenvalue weighted by Gasteiger charge is 2.26. The number of nitrogens with one attached hydrogen (secondary N) is 2. The molecule has 0 saturated carbocycles. The summed E-state index contributed by atoms with van der Waals surface area (Å²) in [4.78, 5) is 12.2. The molecule has 1 fully saturated rings. The first-order valence-electron chi connectivity index (χ1n) is 9.36. The molecule has 2 aromatic carbocycles. The van der Waals surface area contributed by atoms with Gasteiger partial charge in [-0.25, -0.2) is 8.42 Å². The quantitative estimate of drug-likeness (QED) is 0.627. The van der Waals surface area contributed by atoms with Crippen molar-refractivity contribution < 1.29 is 22.7 Å². The lowest BCUT2D eigenvalue weighted by molar-refractivity contribution is -0.121. The highest BCUT2D eigenvalue weighted by Crippen LogP contribution is 2.22. The van der Waals surface area contributed by atoms with Crippen molar-refractivity contribution >= 4 is 38.9 Å². The molecule has 0 bridgehead atoms. The molecule has 2 aromatic rings. The summed E-state index contributed by atoms with van der Waals surface area (Å²) >= 11 is 5.13. The minimum Gasteiger partial charge on any atom is -0.497 e. The number of carbonyl (C=O) groups is 1. The molecule has 2 N–H and O–H groups in total. The van der Waals surface area contributed by atoms with E-state index in [1.54, 1.807) is 43.5 Å². The van der Waals surface area contributed by atoms with Gasteiger partial charge in [-0.05, 0) is 73.6 Å². The number of sulfonamides is 1. The van der Waals surface area contributed by atoms with E-state index < -0.39 is 15.9 Å². The summed E-state index contributed by atoms with van der Waals surface area (Å²) in [6.07, 6.45) is 1.77. The van der Waals surface area contributed by atoms with Crippen LogP contribution in [0.3, 0.4) is 0 Å². The van der Waals surface area contributed by atoms with Gasteiger partial charge in [-0.1, -0.05) is 0 Å². The average molecular weight is 450 g/mol. The summed E-state index contributed by atoms with van der Waals surface area (Å²) in [5, 5.41) is 5.46. The predicted octanol–water partition coefficient (Wildman–Crippen LogP) is 2.37. The van der Waals surface area contributed by atoms with Gasteiger partial charge in [0.05, 0.1) is 12.0 Å². The Hall–Kier alpha value is -2.69. The average Bonchev–Trinajstić information content (AvgIpc) is 3.29. The van der Waals surface area contributed by atoms with Gasteiger partial charge < -0.3 is 14.8 Å². The van der Waals surface area contributed by atoms with Gasteiger partial charge in [-0.15, -0.1) is 0 Å². The van der Waals surface area contributed by atoms with E-state index in [0.29, 0.717) is 30.3 Å². The van der Waals surface area contributed by atoms with Gasteiger partial charge in [0.2, 0.25) is 10.0 Å². The van der Waals surface area contributed by atoms with Crippen molar-refractivity contribution in [3.8, 4) is 11.5 Å². The van der Waals surface area contributed by atoms with Crippen LogP contribution in [0.5, 0.6) is 11.5 Å². The molecule has 30 heavy (non-hydrogen) atoms. The zero-order valence-corrected chi connectivity index (χ0v) is 18.1. The van der Waals surface area contributed by atoms with Gasteiger partial charge in [0, 0.05) is 18.8 Å². The maximum atomic E-state index is 12.5. The van der Waals surface area contributed by atoms with Crippen molar-refractivity contribution in [3.05, 3.63) is 48.5 Å². The van der Waals surface area contributed by atoms with Crippen molar-refractivity contribution in [1.29, 1.82) is 0 Å². The van der Waals surface area contributed by atoms with Gasteiger partial charge >= 0.3 is 0 Å². The minimum absolute atomic E-state index is 0.0912. The van der Waals surface area contributed by atoms with Crippen molar-refractivity contribution in [2.75, 3.05) is 32.1 Å². The van der Waals surface area contributed by atoms with Crippen LogP contribution in [0.1, 0.15) is 12.8 Å². The lowest BCUT2D eigenvalue weighted by Gasteiger charge is -2.16. The van der Waals surface area contributed by atoms with Crippen LogP contribution in [0.15, 0.2) is 53.4 Å².